The third-order valence-electron chi connectivity index (χ3n) is 2.44. The van der Waals surface area contributed by atoms with E-state index >= 15 is 0 Å². The highest BCUT2D eigenvalue weighted by atomic mass is 16.5. The molecule has 0 saturated carbocycles. The third-order valence-corrected chi connectivity index (χ3v) is 2.44. The molecule has 0 aliphatic heterocycles. The number of ether oxygens (including phenoxy) is 2. The predicted octanol–water partition coefficient (Wildman–Crippen LogP) is 1.70. The van der Waals surface area contributed by atoms with Crippen LogP contribution in [-0.2, 0) is 9.47 Å². The Kier molecular flexibility index (Phi) is 1.41. The van der Waals surface area contributed by atoms with E-state index in [2.05, 4.69) is 12.2 Å². The first-order chi connectivity index (χ1) is 5.36. The molecule has 0 amide bonds. The Hall–Kier alpha value is -0.920. The van der Waals surface area contributed by atoms with Crippen LogP contribution < -0.4 is 0 Å². The van der Waals surface area contributed by atoms with Gasteiger partial charge in [-0.05, 0) is 6.42 Å². The van der Waals surface area contributed by atoms with Gasteiger partial charge in [-0.1, -0.05) is 12.2 Å². The van der Waals surface area contributed by atoms with E-state index < -0.39 is 0 Å². The van der Waals surface area contributed by atoms with Gasteiger partial charge in [-0.15, -0.1) is 0 Å². The fourth-order valence-corrected chi connectivity index (χ4v) is 1.96. The molecule has 2 heteroatoms. The molecule has 60 valence electrons. The molecule has 2 aliphatic carbocycles. The Bertz CT molecular complexity index is 206. The molecule has 0 saturated heterocycles. The highest BCUT2D eigenvalue weighted by Gasteiger charge is 2.37. The summed E-state index contributed by atoms with van der Waals surface area (Å²) in [7, 11) is 3.42. The zero-order valence-electron chi connectivity index (χ0n) is 6.83. The molecule has 0 aromatic rings. The van der Waals surface area contributed by atoms with Crippen molar-refractivity contribution in [3.05, 3.63) is 23.7 Å². The number of fused-ring (bicyclic) bond motifs is 2. The monoisotopic (exact) mass is 152 g/mol. The molecule has 2 bridgehead atoms. The molecule has 0 fully saturated rings. The van der Waals surface area contributed by atoms with Crippen molar-refractivity contribution in [2.24, 2.45) is 11.8 Å². The molecule has 2 aliphatic rings. The van der Waals surface area contributed by atoms with Crippen LogP contribution in [-0.4, -0.2) is 14.2 Å². The first kappa shape index (κ1) is 6.77. The highest BCUT2D eigenvalue weighted by molar-refractivity contribution is 5.30. The van der Waals surface area contributed by atoms with E-state index in [1.807, 2.05) is 0 Å². The lowest BCUT2D eigenvalue weighted by Gasteiger charge is -2.12. The zero-order chi connectivity index (χ0) is 7.84. The average Bonchev–Trinajstić information content (AvgIpc) is 2.60. The summed E-state index contributed by atoms with van der Waals surface area (Å²) in [6.07, 6.45) is 5.55. The normalized spacial score (nSPS) is 33.3. The van der Waals surface area contributed by atoms with Gasteiger partial charge in [0.15, 0.2) is 0 Å². The summed E-state index contributed by atoms with van der Waals surface area (Å²) in [4.78, 5) is 0. The van der Waals surface area contributed by atoms with Crippen molar-refractivity contribution in [3.8, 4) is 0 Å². The van der Waals surface area contributed by atoms with Crippen molar-refractivity contribution in [3.63, 3.8) is 0 Å². The summed E-state index contributed by atoms with van der Waals surface area (Å²) in [5.74, 6) is 3.03. The number of hydrogen-bond donors (Lipinski definition) is 0. The lowest BCUT2D eigenvalue weighted by molar-refractivity contribution is 0.207. The van der Waals surface area contributed by atoms with Gasteiger partial charge < -0.3 is 9.47 Å². The van der Waals surface area contributed by atoms with E-state index in [-0.39, 0.29) is 0 Å². The second kappa shape index (κ2) is 2.29. The second-order valence-corrected chi connectivity index (χ2v) is 2.97. The van der Waals surface area contributed by atoms with Crippen molar-refractivity contribution in [1.29, 1.82) is 0 Å². The maximum atomic E-state index is 5.25. The van der Waals surface area contributed by atoms with Crippen LogP contribution in [0.2, 0.25) is 0 Å². The Balaban J connectivity index is 2.30. The molecule has 2 rings (SSSR count). The molecule has 0 radical (unpaired) electrons. The van der Waals surface area contributed by atoms with Gasteiger partial charge in [0.1, 0.15) is 11.5 Å². The van der Waals surface area contributed by atoms with Gasteiger partial charge in [0.2, 0.25) is 0 Å². The smallest absolute Gasteiger partial charge is 0.140 e. The van der Waals surface area contributed by atoms with E-state index in [1.165, 1.54) is 0 Å². The third kappa shape index (κ3) is 0.785. The van der Waals surface area contributed by atoms with Crippen LogP contribution in [0.15, 0.2) is 23.7 Å². The molecule has 2 atom stereocenters. The number of allylic oxidation sites excluding steroid dienone is 2. The Labute approximate surface area is 66.5 Å². The molecule has 0 aromatic heterocycles. The first-order valence-corrected chi connectivity index (χ1v) is 3.87. The molecule has 0 heterocycles. The molecular weight excluding hydrogens is 140 g/mol. The SMILES string of the molecule is COC1=C(OC)C2C=CC1C2. The summed E-state index contributed by atoms with van der Waals surface area (Å²) in [5, 5.41) is 0. The van der Waals surface area contributed by atoms with Gasteiger partial charge in [0, 0.05) is 11.8 Å². The van der Waals surface area contributed by atoms with Crippen LogP contribution in [0, 0.1) is 11.8 Å². The van der Waals surface area contributed by atoms with Crippen LogP contribution in [0.5, 0.6) is 0 Å². The predicted molar refractivity (Wildman–Crippen MR) is 41.8 cm³/mol. The lowest BCUT2D eigenvalue weighted by atomic mass is 10.1. The van der Waals surface area contributed by atoms with Gasteiger partial charge in [-0.2, -0.15) is 0 Å². The number of hydrogen-bond acceptors (Lipinski definition) is 2. The summed E-state index contributed by atoms with van der Waals surface area (Å²) >= 11 is 0. The molecule has 0 spiro atoms. The van der Waals surface area contributed by atoms with Crippen LogP contribution in [0.4, 0.5) is 0 Å². The molecule has 2 unspecified atom stereocenters. The largest absolute Gasteiger partial charge is 0.497 e. The minimum absolute atomic E-state index is 0.486. The van der Waals surface area contributed by atoms with E-state index in [4.69, 9.17) is 9.47 Å². The number of rotatable bonds is 2. The van der Waals surface area contributed by atoms with E-state index in [9.17, 15) is 0 Å². The maximum Gasteiger partial charge on any atom is 0.140 e. The lowest BCUT2D eigenvalue weighted by Crippen LogP contribution is -2.02. The van der Waals surface area contributed by atoms with Gasteiger partial charge in [-0.3, -0.25) is 0 Å². The van der Waals surface area contributed by atoms with Crippen molar-refractivity contribution in [1.82, 2.24) is 0 Å². The van der Waals surface area contributed by atoms with Crippen molar-refractivity contribution < 1.29 is 9.47 Å². The molecular formula is C9H12O2. The van der Waals surface area contributed by atoms with Gasteiger partial charge in [-0.25, -0.2) is 0 Å². The van der Waals surface area contributed by atoms with E-state index in [0.717, 1.165) is 17.9 Å². The van der Waals surface area contributed by atoms with Crippen LogP contribution >= 0.6 is 0 Å². The molecule has 2 nitrogen and oxygen atoms in total. The van der Waals surface area contributed by atoms with Crippen molar-refractivity contribution >= 4 is 0 Å². The summed E-state index contributed by atoms with van der Waals surface area (Å²) in [5.41, 5.74) is 0. The molecule has 0 N–H and O–H groups in total. The summed E-state index contributed by atoms with van der Waals surface area (Å²) in [6, 6.07) is 0. The van der Waals surface area contributed by atoms with Crippen molar-refractivity contribution in [2.45, 2.75) is 6.42 Å². The van der Waals surface area contributed by atoms with E-state index in [0.29, 0.717) is 11.8 Å². The Morgan fingerprint density at radius 1 is 1.09 bits per heavy atom. The van der Waals surface area contributed by atoms with Gasteiger partial charge in [0.25, 0.3) is 0 Å². The highest BCUT2D eigenvalue weighted by Crippen LogP contribution is 2.43. The maximum absolute atomic E-state index is 5.25. The molecule has 0 aromatic carbocycles. The van der Waals surface area contributed by atoms with Crippen LogP contribution in [0.25, 0.3) is 0 Å². The summed E-state index contributed by atoms with van der Waals surface area (Å²) < 4.78 is 10.5. The zero-order valence-corrected chi connectivity index (χ0v) is 6.83. The minimum Gasteiger partial charge on any atom is -0.497 e. The number of methoxy groups -OCH3 is 2. The minimum atomic E-state index is 0.486. The van der Waals surface area contributed by atoms with Gasteiger partial charge in [0.05, 0.1) is 14.2 Å². The Morgan fingerprint density at radius 2 is 1.55 bits per heavy atom. The quantitative estimate of drug-likeness (QED) is 0.561. The van der Waals surface area contributed by atoms with E-state index in [1.54, 1.807) is 14.2 Å². The second-order valence-electron chi connectivity index (χ2n) is 2.97. The first-order valence-electron chi connectivity index (χ1n) is 3.87. The standard InChI is InChI=1S/C9H12O2/c1-10-8-6-3-4-7(5-6)9(8)11-2/h3-4,6-7H,5H2,1-2H3. The van der Waals surface area contributed by atoms with Crippen LogP contribution in [0.1, 0.15) is 6.42 Å². The average molecular weight is 152 g/mol. The van der Waals surface area contributed by atoms with Gasteiger partial charge >= 0.3 is 0 Å². The fourth-order valence-electron chi connectivity index (χ4n) is 1.96. The molecule has 11 heavy (non-hydrogen) atoms. The Morgan fingerprint density at radius 3 is 1.91 bits per heavy atom. The topological polar surface area (TPSA) is 18.5 Å². The van der Waals surface area contributed by atoms with Crippen LogP contribution in [0.3, 0.4) is 0 Å². The summed E-state index contributed by atoms with van der Waals surface area (Å²) in [6.45, 7) is 0. The fraction of sp³-hybridized carbons (Fsp3) is 0.556. The van der Waals surface area contributed by atoms with Crippen molar-refractivity contribution in [2.75, 3.05) is 14.2 Å².